The summed E-state index contributed by atoms with van der Waals surface area (Å²) in [4.78, 5) is 2.32. The smallest absolute Gasteiger partial charge is 0.0637 e. The van der Waals surface area contributed by atoms with Gasteiger partial charge in [0.25, 0.3) is 0 Å². The fraction of sp³-hybridized carbons (Fsp3) is 0.600. The first-order valence-electron chi connectivity index (χ1n) is 6.70. The van der Waals surface area contributed by atoms with E-state index in [0.717, 1.165) is 32.8 Å². The Hall–Kier alpha value is -1.10. The third-order valence-electron chi connectivity index (χ3n) is 3.07. The van der Waals surface area contributed by atoms with E-state index in [-0.39, 0.29) is 0 Å². The highest BCUT2D eigenvalue weighted by molar-refractivity contribution is 5.55. The van der Waals surface area contributed by atoms with Crippen LogP contribution in [-0.4, -0.2) is 47.6 Å². The van der Waals surface area contributed by atoms with Gasteiger partial charge >= 0.3 is 0 Å². The zero-order chi connectivity index (χ0) is 14.1. The molecule has 1 N–H and O–H groups in total. The molecule has 0 bridgehead atoms. The van der Waals surface area contributed by atoms with Gasteiger partial charge in [-0.25, -0.2) is 0 Å². The number of benzene rings is 1. The van der Waals surface area contributed by atoms with Crippen molar-refractivity contribution in [3.8, 4) is 0 Å². The fourth-order valence-corrected chi connectivity index (χ4v) is 2.11. The van der Waals surface area contributed by atoms with Gasteiger partial charge in [-0.15, -0.1) is 0 Å². The summed E-state index contributed by atoms with van der Waals surface area (Å²) in [5, 5.41) is 3.23. The maximum atomic E-state index is 5.20. The van der Waals surface area contributed by atoms with Crippen molar-refractivity contribution in [1.29, 1.82) is 0 Å². The largest absolute Gasteiger partial charge is 0.383 e. The maximum absolute atomic E-state index is 5.20. The number of hydrogen-bond donors (Lipinski definition) is 1. The first kappa shape index (κ1) is 16.0. The molecule has 0 saturated carbocycles. The van der Waals surface area contributed by atoms with E-state index in [9.17, 15) is 0 Å². The highest BCUT2D eigenvalue weighted by Gasteiger charge is 2.11. The highest BCUT2D eigenvalue weighted by Crippen LogP contribution is 2.22. The van der Waals surface area contributed by atoms with Crippen LogP contribution >= 0.6 is 0 Å². The van der Waals surface area contributed by atoms with Crippen LogP contribution in [-0.2, 0) is 16.0 Å². The van der Waals surface area contributed by atoms with Crippen LogP contribution in [0.25, 0.3) is 0 Å². The van der Waals surface area contributed by atoms with Gasteiger partial charge in [-0.05, 0) is 25.6 Å². The molecule has 0 amide bonds. The molecule has 1 aromatic carbocycles. The van der Waals surface area contributed by atoms with Gasteiger partial charge in [0.2, 0.25) is 0 Å². The molecule has 1 rings (SSSR count). The summed E-state index contributed by atoms with van der Waals surface area (Å²) in [5.74, 6) is 0. The summed E-state index contributed by atoms with van der Waals surface area (Å²) >= 11 is 0. The second-order valence-electron chi connectivity index (χ2n) is 4.64. The molecule has 0 heterocycles. The van der Waals surface area contributed by atoms with E-state index >= 15 is 0 Å². The van der Waals surface area contributed by atoms with Gasteiger partial charge in [0.1, 0.15) is 0 Å². The van der Waals surface area contributed by atoms with Crippen molar-refractivity contribution in [3.05, 3.63) is 29.3 Å². The number of methoxy groups -OCH3 is 2. The molecule has 4 nitrogen and oxygen atoms in total. The van der Waals surface area contributed by atoms with E-state index < -0.39 is 0 Å². The van der Waals surface area contributed by atoms with E-state index in [0.29, 0.717) is 0 Å². The first-order valence-corrected chi connectivity index (χ1v) is 6.70. The Morgan fingerprint density at radius 1 is 1.11 bits per heavy atom. The summed E-state index contributed by atoms with van der Waals surface area (Å²) < 4.78 is 10.4. The summed E-state index contributed by atoms with van der Waals surface area (Å²) in [6.07, 6.45) is 0. The van der Waals surface area contributed by atoms with Gasteiger partial charge in [-0.3, -0.25) is 0 Å². The molecule has 0 unspecified atom stereocenters. The van der Waals surface area contributed by atoms with Crippen molar-refractivity contribution < 1.29 is 9.47 Å². The topological polar surface area (TPSA) is 33.7 Å². The zero-order valence-electron chi connectivity index (χ0n) is 12.5. The minimum absolute atomic E-state index is 0.719. The summed E-state index contributed by atoms with van der Waals surface area (Å²) in [5.41, 5.74) is 3.86. The Morgan fingerprint density at radius 3 is 2.26 bits per heavy atom. The maximum Gasteiger partial charge on any atom is 0.0637 e. The number of aryl methyl sites for hydroxylation is 1. The van der Waals surface area contributed by atoms with Crippen molar-refractivity contribution in [2.75, 3.05) is 52.5 Å². The van der Waals surface area contributed by atoms with Gasteiger partial charge in [-0.1, -0.05) is 17.7 Å². The molecule has 4 heteroatoms. The van der Waals surface area contributed by atoms with E-state index in [1.807, 2.05) is 7.05 Å². The van der Waals surface area contributed by atoms with Crippen LogP contribution in [0.5, 0.6) is 0 Å². The van der Waals surface area contributed by atoms with E-state index in [4.69, 9.17) is 9.47 Å². The molecule has 0 aliphatic carbocycles. The van der Waals surface area contributed by atoms with Gasteiger partial charge < -0.3 is 19.7 Å². The van der Waals surface area contributed by atoms with Gasteiger partial charge in [0, 0.05) is 39.5 Å². The normalized spacial score (nSPS) is 10.7. The molecule has 0 aliphatic heterocycles. The Kier molecular flexibility index (Phi) is 7.48. The molecule has 0 atom stereocenters. The van der Waals surface area contributed by atoms with E-state index in [1.165, 1.54) is 16.8 Å². The molecular weight excluding hydrogens is 240 g/mol. The molecule has 0 aliphatic rings. The number of rotatable bonds is 9. The lowest BCUT2D eigenvalue weighted by Crippen LogP contribution is -2.31. The lowest BCUT2D eigenvalue weighted by atomic mass is 10.1. The molecule has 108 valence electrons. The van der Waals surface area contributed by atoms with Crippen LogP contribution in [0.15, 0.2) is 18.2 Å². The van der Waals surface area contributed by atoms with Crippen LogP contribution in [0.4, 0.5) is 5.69 Å². The standard InChI is InChI=1S/C15H26N2O2/c1-13-5-6-15(14(11-13)12-16-2)17(7-9-18-3)8-10-19-4/h5-6,11,16H,7-10,12H2,1-4H3. The second-order valence-corrected chi connectivity index (χ2v) is 4.64. The van der Waals surface area contributed by atoms with Crippen LogP contribution in [0, 0.1) is 6.92 Å². The fourth-order valence-electron chi connectivity index (χ4n) is 2.11. The predicted molar refractivity (Wildman–Crippen MR) is 79.9 cm³/mol. The lowest BCUT2D eigenvalue weighted by molar-refractivity contribution is 0.190. The van der Waals surface area contributed by atoms with Crippen molar-refractivity contribution in [1.82, 2.24) is 5.32 Å². The third-order valence-corrected chi connectivity index (χ3v) is 3.07. The van der Waals surface area contributed by atoms with Gasteiger partial charge in [0.05, 0.1) is 13.2 Å². The molecule has 0 saturated heterocycles. The number of hydrogen-bond acceptors (Lipinski definition) is 4. The average molecular weight is 266 g/mol. The van der Waals surface area contributed by atoms with Crippen molar-refractivity contribution in [2.24, 2.45) is 0 Å². The zero-order valence-corrected chi connectivity index (χ0v) is 12.5. The Bertz CT molecular complexity index is 361. The quantitative estimate of drug-likeness (QED) is 0.739. The number of anilines is 1. The molecular formula is C15H26N2O2. The molecule has 1 aromatic rings. The third kappa shape index (κ3) is 5.19. The minimum Gasteiger partial charge on any atom is -0.383 e. The lowest BCUT2D eigenvalue weighted by Gasteiger charge is -2.27. The van der Waals surface area contributed by atoms with Crippen LogP contribution in [0.3, 0.4) is 0 Å². The average Bonchev–Trinajstić information content (AvgIpc) is 2.40. The molecule has 0 spiro atoms. The predicted octanol–water partition coefficient (Wildman–Crippen LogP) is 1.81. The number of nitrogens with one attached hydrogen (secondary N) is 1. The van der Waals surface area contributed by atoms with Crippen molar-refractivity contribution >= 4 is 5.69 Å². The van der Waals surface area contributed by atoms with E-state index in [1.54, 1.807) is 14.2 Å². The molecule has 0 aromatic heterocycles. The Labute approximate surface area is 116 Å². The highest BCUT2D eigenvalue weighted by atomic mass is 16.5. The van der Waals surface area contributed by atoms with Crippen LogP contribution in [0.2, 0.25) is 0 Å². The summed E-state index contributed by atoms with van der Waals surface area (Å²) in [6.45, 7) is 6.18. The summed E-state index contributed by atoms with van der Waals surface area (Å²) in [7, 11) is 5.44. The monoisotopic (exact) mass is 266 g/mol. The summed E-state index contributed by atoms with van der Waals surface area (Å²) in [6, 6.07) is 6.58. The minimum atomic E-state index is 0.719. The second kappa shape index (κ2) is 8.91. The van der Waals surface area contributed by atoms with Gasteiger partial charge in [-0.2, -0.15) is 0 Å². The van der Waals surface area contributed by atoms with Crippen molar-refractivity contribution in [3.63, 3.8) is 0 Å². The Balaban J connectivity index is 2.91. The SMILES string of the molecule is CNCc1cc(C)ccc1N(CCOC)CCOC. The molecule has 19 heavy (non-hydrogen) atoms. The van der Waals surface area contributed by atoms with Crippen molar-refractivity contribution in [2.45, 2.75) is 13.5 Å². The van der Waals surface area contributed by atoms with Crippen LogP contribution in [0.1, 0.15) is 11.1 Å². The van der Waals surface area contributed by atoms with Crippen LogP contribution < -0.4 is 10.2 Å². The number of ether oxygens (including phenoxy) is 2. The van der Waals surface area contributed by atoms with E-state index in [2.05, 4.69) is 35.3 Å². The first-order chi connectivity index (χ1) is 9.22. The molecule has 0 fully saturated rings. The van der Waals surface area contributed by atoms with Gasteiger partial charge in [0.15, 0.2) is 0 Å². The Morgan fingerprint density at radius 2 is 1.74 bits per heavy atom. The molecule has 0 radical (unpaired) electrons. The number of nitrogens with zero attached hydrogens (tertiary/aromatic N) is 1.